The predicted octanol–water partition coefficient (Wildman–Crippen LogP) is 1.69. The van der Waals surface area contributed by atoms with E-state index in [-0.39, 0.29) is 5.56 Å². The summed E-state index contributed by atoms with van der Waals surface area (Å²) in [6.07, 6.45) is 2.36. The minimum absolute atomic E-state index is 0.103. The summed E-state index contributed by atoms with van der Waals surface area (Å²) in [5.74, 6) is 2.46. The fraction of sp³-hybridized carbons (Fsp3) is 0.636. The molecule has 0 radical (unpaired) electrons. The second kappa shape index (κ2) is 2.47. The summed E-state index contributed by atoms with van der Waals surface area (Å²) in [5.41, 5.74) is 2.18. The smallest absolute Gasteiger partial charge is 0.254 e. The molecule has 3 nitrogen and oxygen atoms in total. The summed E-state index contributed by atoms with van der Waals surface area (Å²) in [6.45, 7) is 4.10. The van der Waals surface area contributed by atoms with Crippen LogP contribution in [0.15, 0.2) is 4.79 Å². The van der Waals surface area contributed by atoms with Crippen LogP contribution in [0.25, 0.3) is 0 Å². The number of rotatable bonds is 0. The first-order chi connectivity index (χ1) is 6.66. The molecule has 0 saturated heterocycles. The van der Waals surface area contributed by atoms with E-state index in [0.29, 0.717) is 17.8 Å². The fourth-order valence-corrected chi connectivity index (χ4v) is 3.16. The normalized spacial score (nSPS) is 33.4. The fourth-order valence-electron chi connectivity index (χ4n) is 3.16. The minimum Gasteiger partial charge on any atom is -0.311 e. The highest BCUT2D eigenvalue weighted by molar-refractivity contribution is 5.35. The second-order valence-electron chi connectivity index (χ2n) is 4.70. The van der Waals surface area contributed by atoms with Gasteiger partial charge in [-0.25, -0.2) is 4.98 Å². The van der Waals surface area contributed by atoms with Crippen molar-refractivity contribution in [2.45, 2.75) is 38.5 Å². The Morgan fingerprint density at radius 1 is 1.43 bits per heavy atom. The summed E-state index contributed by atoms with van der Waals surface area (Å²) in [4.78, 5) is 19.1. The van der Waals surface area contributed by atoms with Gasteiger partial charge in [0.15, 0.2) is 0 Å². The number of hydrogen-bond acceptors (Lipinski definition) is 2. The molecule has 2 bridgehead atoms. The lowest BCUT2D eigenvalue weighted by Gasteiger charge is -2.19. The monoisotopic (exact) mass is 190 g/mol. The standard InChI is InChI=1S/C11H14N2O/c1-5-3-7-4-8(5)9-10(7)12-6(2)13-11(9)14/h5,7-8H,3-4H2,1-2H3,(H,12,13,14). The number of aryl methyl sites for hydroxylation is 1. The van der Waals surface area contributed by atoms with Crippen molar-refractivity contribution < 1.29 is 0 Å². The molecule has 74 valence electrons. The summed E-state index contributed by atoms with van der Waals surface area (Å²) < 4.78 is 0. The van der Waals surface area contributed by atoms with Crippen LogP contribution in [-0.4, -0.2) is 9.97 Å². The average molecular weight is 190 g/mol. The molecule has 1 heterocycles. The van der Waals surface area contributed by atoms with Gasteiger partial charge in [-0.2, -0.15) is 0 Å². The molecule has 3 atom stereocenters. The van der Waals surface area contributed by atoms with E-state index in [9.17, 15) is 4.79 Å². The van der Waals surface area contributed by atoms with Crippen LogP contribution in [0.1, 0.15) is 48.7 Å². The third kappa shape index (κ3) is 0.873. The van der Waals surface area contributed by atoms with Crippen LogP contribution in [0, 0.1) is 12.8 Å². The molecule has 1 aromatic rings. The van der Waals surface area contributed by atoms with Gasteiger partial charge in [-0.3, -0.25) is 4.79 Å². The van der Waals surface area contributed by atoms with E-state index in [1.165, 1.54) is 6.42 Å². The van der Waals surface area contributed by atoms with E-state index >= 15 is 0 Å². The third-order valence-corrected chi connectivity index (χ3v) is 3.74. The lowest BCUT2D eigenvalue weighted by atomic mass is 9.88. The Morgan fingerprint density at radius 3 is 3.00 bits per heavy atom. The highest BCUT2D eigenvalue weighted by Crippen LogP contribution is 2.53. The maximum absolute atomic E-state index is 11.8. The van der Waals surface area contributed by atoms with Gasteiger partial charge < -0.3 is 4.98 Å². The van der Waals surface area contributed by atoms with Crippen LogP contribution in [0.5, 0.6) is 0 Å². The molecule has 0 aliphatic heterocycles. The van der Waals surface area contributed by atoms with Gasteiger partial charge in [-0.1, -0.05) is 6.92 Å². The molecule has 1 saturated carbocycles. The zero-order valence-corrected chi connectivity index (χ0v) is 8.50. The number of hydrogen-bond donors (Lipinski definition) is 1. The van der Waals surface area contributed by atoms with Crippen molar-refractivity contribution >= 4 is 0 Å². The molecule has 1 aromatic heterocycles. The SMILES string of the molecule is Cc1nc2c(c(=O)[nH]1)C1CC2CC1C. The van der Waals surface area contributed by atoms with E-state index in [0.717, 1.165) is 23.5 Å². The third-order valence-electron chi connectivity index (χ3n) is 3.74. The van der Waals surface area contributed by atoms with E-state index in [1.807, 2.05) is 6.92 Å². The Labute approximate surface area is 82.6 Å². The number of nitrogens with zero attached hydrogens (tertiary/aromatic N) is 1. The van der Waals surface area contributed by atoms with Crippen LogP contribution in [0.4, 0.5) is 0 Å². The molecule has 0 spiro atoms. The maximum Gasteiger partial charge on any atom is 0.254 e. The lowest BCUT2D eigenvalue weighted by molar-refractivity contribution is 0.503. The first-order valence-corrected chi connectivity index (χ1v) is 5.27. The number of fused-ring (bicyclic) bond motifs is 5. The Bertz CT molecular complexity index is 449. The molecular weight excluding hydrogens is 176 g/mol. The van der Waals surface area contributed by atoms with Crippen molar-refractivity contribution in [1.29, 1.82) is 0 Å². The highest BCUT2D eigenvalue weighted by Gasteiger charge is 2.44. The minimum atomic E-state index is 0.103. The van der Waals surface area contributed by atoms with Crippen molar-refractivity contribution in [3.05, 3.63) is 27.4 Å². The van der Waals surface area contributed by atoms with E-state index in [1.54, 1.807) is 0 Å². The Kier molecular flexibility index (Phi) is 1.45. The lowest BCUT2D eigenvalue weighted by Crippen LogP contribution is -2.22. The van der Waals surface area contributed by atoms with Crippen molar-refractivity contribution in [3.8, 4) is 0 Å². The van der Waals surface area contributed by atoms with Crippen LogP contribution in [0.2, 0.25) is 0 Å². The van der Waals surface area contributed by atoms with Crippen LogP contribution in [-0.2, 0) is 0 Å². The first kappa shape index (κ1) is 8.21. The van der Waals surface area contributed by atoms with Gasteiger partial charge in [0, 0.05) is 11.5 Å². The average Bonchev–Trinajstić information content (AvgIpc) is 2.60. The summed E-state index contributed by atoms with van der Waals surface area (Å²) >= 11 is 0. The molecule has 1 fully saturated rings. The highest BCUT2D eigenvalue weighted by atomic mass is 16.1. The number of nitrogens with one attached hydrogen (secondary N) is 1. The number of aromatic nitrogens is 2. The zero-order valence-electron chi connectivity index (χ0n) is 8.50. The van der Waals surface area contributed by atoms with Gasteiger partial charge in [0.1, 0.15) is 5.82 Å². The summed E-state index contributed by atoms with van der Waals surface area (Å²) in [6, 6.07) is 0. The van der Waals surface area contributed by atoms with Crippen LogP contribution >= 0.6 is 0 Å². The second-order valence-corrected chi connectivity index (χ2v) is 4.70. The van der Waals surface area contributed by atoms with Gasteiger partial charge in [-0.15, -0.1) is 0 Å². The van der Waals surface area contributed by atoms with Gasteiger partial charge >= 0.3 is 0 Å². The predicted molar refractivity (Wildman–Crippen MR) is 53.5 cm³/mol. The van der Waals surface area contributed by atoms with Crippen LogP contribution < -0.4 is 5.56 Å². The van der Waals surface area contributed by atoms with Gasteiger partial charge in [-0.05, 0) is 31.6 Å². The van der Waals surface area contributed by atoms with Gasteiger partial charge in [0.2, 0.25) is 0 Å². The van der Waals surface area contributed by atoms with E-state index in [4.69, 9.17) is 0 Å². The molecule has 0 aromatic carbocycles. The van der Waals surface area contributed by atoms with Gasteiger partial charge in [0.25, 0.3) is 5.56 Å². The Balaban J connectivity index is 2.27. The van der Waals surface area contributed by atoms with E-state index < -0.39 is 0 Å². The molecule has 3 unspecified atom stereocenters. The van der Waals surface area contributed by atoms with Crippen molar-refractivity contribution in [3.63, 3.8) is 0 Å². The largest absolute Gasteiger partial charge is 0.311 e. The molecule has 2 aliphatic carbocycles. The zero-order chi connectivity index (χ0) is 9.87. The quantitative estimate of drug-likeness (QED) is 0.676. The summed E-state index contributed by atoms with van der Waals surface area (Å²) in [7, 11) is 0. The van der Waals surface area contributed by atoms with Crippen molar-refractivity contribution in [2.24, 2.45) is 5.92 Å². The van der Waals surface area contributed by atoms with Crippen molar-refractivity contribution in [2.75, 3.05) is 0 Å². The molecule has 3 heteroatoms. The van der Waals surface area contributed by atoms with Crippen molar-refractivity contribution in [1.82, 2.24) is 9.97 Å². The molecule has 3 rings (SSSR count). The number of H-pyrrole nitrogens is 1. The maximum atomic E-state index is 11.8. The van der Waals surface area contributed by atoms with Gasteiger partial charge in [0.05, 0.1) is 5.69 Å². The Morgan fingerprint density at radius 2 is 2.21 bits per heavy atom. The molecule has 14 heavy (non-hydrogen) atoms. The molecule has 2 aliphatic rings. The van der Waals surface area contributed by atoms with E-state index in [2.05, 4.69) is 16.9 Å². The molecule has 1 N–H and O–H groups in total. The Hall–Kier alpha value is -1.12. The van der Waals surface area contributed by atoms with Crippen LogP contribution in [0.3, 0.4) is 0 Å². The first-order valence-electron chi connectivity index (χ1n) is 5.27. The number of aromatic amines is 1. The molecular formula is C11H14N2O. The summed E-state index contributed by atoms with van der Waals surface area (Å²) in [5, 5.41) is 0. The molecule has 0 amide bonds. The topological polar surface area (TPSA) is 45.8 Å².